The second kappa shape index (κ2) is 5.46. The lowest BCUT2D eigenvalue weighted by atomic mass is 10.2. The first kappa shape index (κ1) is 13.6. The van der Waals surface area contributed by atoms with E-state index in [1.54, 1.807) is 30.3 Å². The van der Waals surface area contributed by atoms with Crippen LogP contribution in [0.5, 0.6) is 11.5 Å². The van der Waals surface area contributed by atoms with Gasteiger partial charge in [-0.15, -0.1) is 0 Å². The smallest absolute Gasteiger partial charge is 0.335 e. The number of rotatable bonds is 3. The average molecular weight is 344 g/mol. The third-order valence-electron chi connectivity index (χ3n) is 2.33. The zero-order valence-corrected chi connectivity index (χ0v) is 11.8. The van der Waals surface area contributed by atoms with Crippen LogP contribution in [-0.2, 0) is 0 Å². The predicted molar refractivity (Wildman–Crippen MR) is 76.7 cm³/mol. The molecule has 0 unspecified atom stereocenters. The summed E-state index contributed by atoms with van der Waals surface area (Å²) in [6.07, 6.45) is 0. The van der Waals surface area contributed by atoms with Crippen molar-refractivity contribution in [3.05, 3.63) is 56.0 Å². The number of nitrogens with zero attached hydrogens (tertiary/aromatic N) is 1. The maximum atomic E-state index is 11.0. The SMILES string of the molecule is Nc1ccc(Br)c(Oc2ccc(Cl)cc2)c1[N+](=O)[O-]. The molecule has 2 aromatic carbocycles. The Labute approximate surface area is 122 Å². The monoisotopic (exact) mass is 342 g/mol. The van der Waals surface area contributed by atoms with Gasteiger partial charge in [0, 0.05) is 5.02 Å². The molecule has 98 valence electrons. The van der Waals surface area contributed by atoms with Gasteiger partial charge in [0.05, 0.1) is 9.40 Å². The standard InChI is InChI=1S/C12H8BrClN2O3/c13-9-5-6-10(15)11(16(17)18)12(9)19-8-3-1-7(14)2-4-8/h1-6H,15H2. The first-order valence-corrected chi connectivity index (χ1v) is 6.32. The molecule has 0 saturated heterocycles. The van der Waals surface area contributed by atoms with Crippen LogP contribution in [0.25, 0.3) is 0 Å². The first-order chi connectivity index (χ1) is 8.99. The number of hydrogen-bond acceptors (Lipinski definition) is 4. The van der Waals surface area contributed by atoms with Crippen LogP contribution in [0.15, 0.2) is 40.9 Å². The van der Waals surface area contributed by atoms with E-state index in [1.807, 2.05) is 0 Å². The Morgan fingerprint density at radius 2 is 1.84 bits per heavy atom. The van der Waals surface area contributed by atoms with Crippen LogP contribution >= 0.6 is 27.5 Å². The highest BCUT2D eigenvalue weighted by Gasteiger charge is 2.23. The van der Waals surface area contributed by atoms with Crippen molar-refractivity contribution in [3.63, 3.8) is 0 Å². The van der Waals surface area contributed by atoms with E-state index < -0.39 is 4.92 Å². The third kappa shape index (κ3) is 2.97. The fraction of sp³-hybridized carbons (Fsp3) is 0. The number of hydrogen-bond donors (Lipinski definition) is 1. The first-order valence-electron chi connectivity index (χ1n) is 5.15. The Balaban J connectivity index is 2.47. The summed E-state index contributed by atoms with van der Waals surface area (Å²) in [5, 5.41) is 11.6. The van der Waals surface area contributed by atoms with Crippen LogP contribution in [0.4, 0.5) is 11.4 Å². The molecule has 0 spiro atoms. The Bertz CT molecular complexity index is 632. The lowest BCUT2D eigenvalue weighted by Crippen LogP contribution is -1.99. The van der Waals surface area contributed by atoms with E-state index in [1.165, 1.54) is 6.07 Å². The predicted octanol–water partition coefficient (Wildman–Crippen LogP) is 4.39. The second-order valence-electron chi connectivity index (χ2n) is 3.63. The van der Waals surface area contributed by atoms with E-state index in [4.69, 9.17) is 22.1 Å². The molecular weight excluding hydrogens is 336 g/mol. The molecule has 7 heteroatoms. The summed E-state index contributed by atoms with van der Waals surface area (Å²) < 4.78 is 5.96. The van der Waals surface area contributed by atoms with E-state index in [-0.39, 0.29) is 17.1 Å². The number of nitro benzene ring substituents is 1. The van der Waals surface area contributed by atoms with Crippen molar-refractivity contribution in [1.29, 1.82) is 0 Å². The quantitative estimate of drug-likeness (QED) is 0.509. The molecule has 0 aliphatic heterocycles. The number of halogens is 2. The minimum atomic E-state index is -0.578. The Morgan fingerprint density at radius 1 is 1.21 bits per heavy atom. The van der Waals surface area contributed by atoms with Gasteiger partial charge in [0.15, 0.2) is 0 Å². The Hall–Kier alpha value is -1.79. The Kier molecular flexibility index (Phi) is 3.92. The van der Waals surface area contributed by atoms with Gasteiger partial charge in [0.1, 0.15) is 11.4 Å². The number of ether oxygens (including phenoxy) is 1. The van der Waals surface area contributed by atoms with Gasteiger partial charge < -0.3 is 10.5 Å². The van der Waals surface area contributed by atoms with E-state index in [0.29, 0.717) is 15.2 Å². The van der Waals surface area contributed by atoms with E-state index in [2.05, 4.69) is 15.9 Å². The number of nitro groups is 1. The van der Waals surface area contributed by atoms with Crippen molar-refractivity contribution in [3.8, 4) is 11.5 Å². The Morgan fingerprint density at radius 3 is 2.42 bits per heavy atom. The molecule has 2 aromatic rings. The van der Waals surface area contributed by atoms with Gasteiger partial charge in [0.25, 0.3) is 0 Å². The van der Waals surface area contributed by atoms with Gasteiger partial charge in [-0.25, -0.2) is 0 Å². The van der Waals surface area contributed by atoms with Crippen molar-refractivity contribution in [2.45, 2.75) is 0 Å². The normalized spacial score (nSPS) is 10.2. The molecule has 2 N–H and O–H groups in total. The van der Waals surface area contributed by atoms with Crippen LogP contribution in [0.3, 0.4) is 0 Å². The van der Waals surface area contributed by atoms with E-state index in [9.17, 15) is 10.1 Å². The maximum absolute atomic E-state index is 11.0. The summed E-state index contributed by atoms with van der Waals surface area (Å²) in [5.74, 6) is 0.492. The minimum absolute atomic E-state index is 0.0390. The van der Waals surface area contributed by atoms with Crippen LogP contribution < -0.4 is 10.5 Å². The molecule has 0 aromatic heterocycles. The summed E-state index contributed by atoms with van der Waals surface area (Å²) in [4.78, 5) is 10.5. The lowest BCUT2D eigenvalue weighted by Gasteiger charge is -2.09. The fourth-order valence-corrected chi connectivity index (χ4v) is 1.99. The summed E-state index contributed by atoms with van der Waals surface area (Å²) in [7, 11) is 0. The summed E-state index contributed by atoms with van der Waals surface area (Å²) in [6.45, 7) is 0. The largest absolute Gasteiger partial charge is 0.449 e. The highest BCUT2D eigenvalue weighted by atomic mass is 79.9. The van der Waals surface area contributed by atoms with Gasteiger partial charge in [-0.3, -0.25) is 10.1 Å². The van der Waals surface area contributed by atoms with Crippen molar-refractivity contribution in [2.24, 2.45) is 0 Å². The summed E-state index contributed by atoms with van der Waals surface area (Å²) in [6, 6.07) is 9.51. The molecule has 5 nitrogen and oxygen atoms in total. The van der Waals surface area contributed by atoms with Crippen molar-refractivity contribution < 1.29 is 9.66 Å². The van der Waals surface area contributed by atoms with Crippen LogP contribution in [-0.4, -0.2) is 4.92 Å². The highest BCUT2D eigenvalue weighted by molar-refractivity contribution is 9.10. The second-order valence-corrected chi connectivity index (χ2v) is 4.92. The molecule has 0 radical (unpaired) electrons. The fourth-order valence-electron chi connectivity index (χ4n) is 1.47. The minimum Gasteiger partial charge on any atom is -0.449 e. The molecule has 0 heterocycles. The van der Waals surface area contributed by atoms with Crippen molar-refractivity contribution in [2.75, 3.05) is 5.73 Å². The zero-order valence-electron chi connectivity index (χ0n) is 9.47. The van der Waals surface area contributed by atoms with Gasteiger partial charge in [-0.2, -0.15) is 0 Å². The number of benzene rings is 2. The molecule has 2 rings (SSSR count). The number of nitrogens with two attached hydrogens (primary N) is 1. The highest BCUT2D eigenvalue weighted by Crippen LogP contribution is 2.41. The van der Waals surface area contributed by atoms with Gasteiger partial charge >= 0.3 is 5.69 Å². The van der Waals surface area contributed by atoms with Crippen LogP contribution in [0, 0.1) is 10.1 Å². The molecule has 0 atom stereocenters. The molecular formula is C12H8BrClN2O3. The molecule has 19 heavy (non-hydrogen) atoms. The van der Waals surface area contributed by atoms with Gasteiger partial charge in [0.2, 0.25) is 5.75 Å². The van der Waals surface area contributed by atoms with Crippen molar-refractivity contribution in [1.82, 2.24) is 0 Å². The molecule has 0 aliphatic carbocycles. The topological polar surface area (TPSA) is 78.4 Å². The van der Waals surface area contributed by atoms with E-state index >= 15 is 0 Å². The van der Waals surface area contributed by atoms with Gasteiger partial charge in [-0.05, 0) is 52.3 Å². The molecule has 0 fully saturated rings. The molecule has 0 aliphatic rings. The maximum Gasteiger partial charge on any atom is 0.335 e. The van der Waals surface area contributed by atoms with Crippen molar-refractivity contribution >= 4 is 38.9 Å². The van der Waals surface area contributed by atoms with Crippen LogP contribution in [0.1, 0.15) is 0 Å². The number of nitrogen functional groups attached to an aromatic ring is 1. The van der Waals surface area contributed by atoms with E-state index in [0.717, 1.165) is 0 Å². The lowest BCUT2D eigenvalue weighted by molar-refractivity contribution is -0.384. The number of anilines is 1. The molecule has 0 saturated carbocycles. The summed E-state index contributed by atoms with van der Waals surface area (Å²) >= 11 is 8.97. The summed E-state index contributed by atoms with van der Waals surface area (Å²) in [5.41, 5.74) is 5.37. The molecule has 0 bridgehead atoms. The van der Waals surface area contributed by atoms with Crippen LogP contribution in [0.2, 0.25) is 5.02 Å². The average Bonchev–Trinajstić information content (AvgIpc) is 2.36. The zero-order chi connectivity index (χ0) is 14.0. The van der Waals surface area contributed by atoms with Gasteiger partial charge in [-0.1, -0.05) is 11.6 Å². The molecule has 0 amide bonds. The third-order valence-corrected chi connectivity index (χ3v) is 3.21.